The number of aryl methyl sites for hydroxylation is 1. The van der Waals surface area contributed by atoms with E-state index in [1.165, 1.54) is 6.07 Å². The van der Waals surface area contributed by atoms with Gasteiger partial charge in [-0.3, -0.25) is 9.48 Å². The number of nitrogens with two attached hydrogens (primary N) is 1. The summed E-state index contributed by atoms with van der Waals surface area (Å²) >= 11 is 5.87. The van der Waals surface area contributed by atoms with E-state index in [4.69, 9.17) is 17.3 Å². The number of nitrogen functional groups attached to an aromatic ring is 1. The molecule has 2 rings (SSSR count). The highest BCUT2D eigenvalue weighted by atomic mass is 35.5. The number of carbonyl (C=O) groups excluding carboxylic acids is 1. The number of halogens is 1. The average molecular weight is 265 g/mol. The topological polar surface area (TPSA) is 72.9 Å². The molecule has 0 aliphatic heterocycles. The smallest absolute Gasteiger partial charge is 0.255 e. The van der Waals surface area contributed by atoms with Gasteiger partial charge in [0.15, 0.2) is 0 Å². The van der Waals surface area contributed by atoms with Crippen molar-refractivity contribution in [2.24, 2.45) is 0 Å². The molecule has 0 unspecified atom stereocenters. The van der Waals surface area contributed by atoms with Crippen LogP contribution in [0, 0.1) is 0 Å². The van der Waals surface area contributed by atoms with Crippen molar-refractivity contribution in [2.45, 2.75) is 13.5 Å². The first-order valence-corrected chi connectivity index (χ1v) is 5.86. The minimum Gasteiger partial charge on any atom is -0.398 e. The first-order chi connectivity index (χ1) is 8.60. The van der Waals surface area contributed by atoms with Gasteiger partial charge in [-0.05, 0) is 25.1 Å². The van der Waals surface area contributed by atoms with E-state index in [1.807, 2.05) is 6.92 Å². The molecule has 0 fully saturated rings. The summed E-state index contributed by atoms with van der Waals surface area (Å²) in [4.78, 5) is 11.9. The molecular formula is C12H13ClN4O. The van der Waals surface area contributed by atoms with Crippen molar-refractivity contribution in [3.8, 4) is 0 Å². The van der Waals surface area contributed by atoms with Gasteiger partial charge in [0, 0.05) is 18.3 Å². The molecule has 0 saturated carbocycles. The van der Waals surface area contributed by atoms with Gasteiger partial charge in [-0.15, -0.1) is 0 Å². The van der Waals surface area contributed by atoms with E-state index >= 15 is 0 Å². The summed E-state index contributed by atoms with van der Waals surface area (Å²) in [5, 5.41) is 7.17. The number of hydrogen-bond donors (Lipinski definition) is 2. The van der Waals surface area contributed by atoms with E-state index in [2.05, 4.69) is 10.4 Å². The molecule has 6 heteroatoms. The van der Waals surface area contributed by atoms with E-state index in [9.17, 15) is 4.79 Å². The first-order valence-electron chi connectivity index (χ1n) is 5.49. The summed E-state index contributed by atoms with van der Waals surface area (Å²) in [7, 11) is 0. The van der Waals surface area contributed by atoms with Crippen LogP contribution >= 0.6 is 11.6 Å². The van der Waals surface area contributed by atoms with Crippen molar-refractivity contribution in [1.29, 1.82) is 0 Å². The molecule has 1 amide bonds. The molecule has 1 aromatic carbocycles. The number of aromatic nitrogens is 2. The number of amides is 1. The second kappa shape index (κ2) is 5.10. The maximum Gasteiger partial charge on any atom is 0.255 e. The third-order valence-corrected chi connectivity index (χ3v) is 2.81. The Balaban J connectivity index is 2.14. The molecule has 0 aliphatic rings. The second-order valence-electron chi connectivity index (χ2n) is 3.78. The van der Waals surface area contributed by atoms with Gasteiger partial charge in [-0.25, -0.2) is 0 Å². The predicted molar refractivity (Wildman–Crippen MR) is 71.7 cm³/mol. The fraction of sp³-hybridized carbons (Fsp3) is 0.167. The van der Waals surface area contributed by atoms with Crippen molar-refractivity contribution < 1.29 is 4.79 Å². The zero-order chi connectivity index (χ0) is 13.1. The van der Waals surface area contributed by atoms with Crippen molar-refractivity contribution in [3.05, 3.63) is 41.2 Å². The zero-order valence-corrected chi connectivity index (χ0v) is 10.6. The Labute approximate surface area is 110 Å². The van der Waals surface area contributed by atoms with Crippen LogP contribution in [-0.4, -0.2) is 15.7 Å². The number of anilines is 2. The van der Waals surface area contributed by atoms with Crippen molar-refractivity contribution in [2.75, 3.05) is 11.1 Å². The monoisotopic (exact) mass is 264 g/mol. The second-order valence-corrected chi connectivity index (χ2v) is 4.18. The highest BCUT2D eigenvalue weighted by Gasteiger charge is 2.09. The lowest BCUT2D eigenvalue weighted by Gasteiger charge is -2.04. The standard InChI is InChI=1S/C12H13ClN4O/c1-2-17-7-9(6-15-17)16-12(18)8-3-4-11(14)10(13)5-8/h3-7H,2,14H2,1H3,(H,16,18). The van der Waals surface area contributed by atoms with Crippen LogP contribution in [0.25, 0.3) is 0 Å². The average Bonchev–Trinajstić information content (AvgIpc) is 2.80. The van der Waals surface area contributed by atoms with Gasteiger partial charge in [0.25, 0.3) is 5.91 Å². The SMILES string of the molecule is CCn1cc(NC(=O)c2ccc(N)c(Cl)c2)cn1. The highest BCUT2D eigenvalue weighted by molar-refractivity contribution is 6.33. The molecule has 0 aliphatic carbocycles. The molecular weight excluding hydrogens is 252 g/mol. The van der Waals surface area contributed by atoms with Crippen molar-refractivity contribution in [1.82, 2.24) is 9.78 Å². The summed E-state index contributed by atoms with van der Waals surface area (Å²) in [6.07, 6.45) is 3.36. The van der Waals surface area contributed by atoms with E-state index in [1.54, 1.807) is 29.2 Å². The molecule has 18 heavy (non-hydrogen) atoms. The number of nitrogens with one attached hydrogen (secondary N) is 1. The van der Waals surface area contributed by atoms with Gasteiger partial charge in [-0.2, -0.15) is 5.10 Å². The highest BCUT2D eigenvalue weighted by Crippen LogP contribution is 2.20. The van der Waals surface area contributed by atoms with Gasteiger partial charge in [0.1, 0.15) is 0 Å². The largest absolute Gasteiger partial charge is 0.398 e. The van der Waals surface area contributed by atoms with Gasteiger partial charge in [0.05, 0.1) is 22.6 Å². The fourth-order valence-corrected chi connectivity index (χ4v) is 1.65. The molecule has 1 aromatic heterocycles. The maximum absolute atomic E-state index is 11.9. The number of rotatable bonds is 3. The molecule has 0 saturated heterocycles. The van der Waals surface area contributed by atoms with Crippen LogP contribution in [0.1, 0.15) is 17.3 Å². The van der Waals surface area contributed by atoms with Crippen LogP contribution in [0.15, 0.2) is 30.6 Å². The molecule has 1 heterocycles. The maximum atomic E-state index is 11.9. The van der Waals surface area contributed by atoms with E-state index in [0.29, 0.717) is 22.0 Å². The first kappa shape index (κ1) is 12.4. The number of benzene rings is 1. The molecule has 0 spiro atoms. The number of nitrogens with zero attached hydrogens (tertiary/aromatic N) is 2. The normalized spacial score (nSPS) is 10.3. The number of hydrogen-bond acceptors (Lipinski definition) is 3. The fourth-order valence-electron chi connectivity index (χ4n) is 1.47. The van der Waals surface area contributed by atoms with Crippen LogP contribution in [-0.2, 0) is 6.54 Å². The third kappa shape index (κ3) is 2.62. The summed E-state index contributed by atoms with van der Waals surface area (Å²) < 4.78 is 1.73. The van der Waals surface area contributed by atoms with Crippen LogP contribution in [0.4, 0.5) is 11.4 Å². The third-order valence-electron chi connectivity index (χ3n) is 2.48. The van der Waals surface area contributed by atoms with E-state index in [-0.39, 0.29) is 5.91 Å². The van der Waals surface area contributed by atoms with Crippen molar-refractivity contribution >= 4 is 28.9 Å². The summed E-state index contributed by atoms with van der Waals surface area (Å²) in [5.74, 6) is -0.243. The Morgan fingerprint density at radius 3 is 2.94 bits per heavy atom. The summed E-state index contributed by atoms with van der Waals surface area (Å²) in [6, 6.07) is 4.77. The van der Waals surface area contributed by atoms with Crippen LogP contribution in [0.2, 0.25) is 5.02 Å². The van der Waals surface area contributed by atoms with Gasteiger partial charge < -0.3 is 11.1 Å². The minimum atomic E-state index is -0.243. The Kier molecular flexibility index (Phi) is 3.53. The van der Waals surface area contributed by atoms with E-state index in [0.717, 1.165) is 6.54 Å². The molecule has 94 valence electrons. The van der Waals surface area contributed by atoms with Gasteiger partial charge >= 0.3 is 0 Å². The van der Waals surface area contributed by atoms with Crippen LogP contribution < -0.4 is 11.1 Å². The molecule has 0 radical (unpaired) electrons. The number of carbonyl (C=O) groups is 1. The van der Waals surface area contributed by atoms with E-state index < -0.39 is 0 Å². The Morgan fingerprint density at radius 2 is 2.33 bits per heavy atom. The molecule has 0 bridgehead atoms. The quantitative estimate of drug-likeness (QED) is 0.836. The Bertz CT molecular complexity index is 579. The lowest BCUT2D eigenvalue weighted by molar-refractivity contribution is 0.102. The molecule has 0 atom stereocenters. The Hall–Kier alpha value is -2.01. The van der Waals surface area contributed by atoms with Crippen LogP contribution in [0.5, 0.6) is 0 Å². The summed E-state index contributed by atoms with van der Waals surface area (Å²) in [6.45, 7) is 2.72. The van der Waals surface area contributed by atoms with Gasteiger partial charge in [-0.1, -0.05) is 11.6 Å². The van der Waals surface area contributed by atoms with Crippen molar-refractivity contribution in [3.63, 3.8) is 0 Å². The predicted octanol–water partition coefficient (Wildman–Crippen LogP) is 2.39. The lowest BCUT2D eigenvalue weighted by Crippen LogP contribution is -2.11. The minimum absolute atomic E-state index is 0.243. The molecule has 2 aromatic rings. The van der Waals surface area contributed by atoms with Gasteiger partial charge in [0.2, 0.25) is 0 Å². The Morgan fingerprint density at radius 1 is 1.56 bits per heavy atom. The zero-order valence-electron chi connectivity index (χ0n) is 9.85. The molecule has 5 nitrogen and oxygen atoms in total. The molecule has 3 N–H and O–H groups in total. The summed E-state index contributed by atoms with van der Waals surface area (Å²) in [5.41, 5.74) is 7.14. The lowest BCUT2D eigenvalue weighted by atomic mass is 10.2. The van der Waals surface area contributed by atoms with Crippen LogP contribution in [0.3, 0.4) is 0 Å².